The van der Waals surface area contributed by atoms with Crippen LogP contribution in [0, 0.1) is 0 Å². The van der Waals surface area contributed by atoms with Crippen LogP contribution in [0.3, 0.4) is 0 Å². The van der Waals surface area contributed by atoms with Crippen molar-refractivity contribution in [3.8, 4) is 11.1 Å². The molecule has 0 aliphatic carbocycles. The summed E-state index contributed by atoms with van der Waals surface area (Å²) >= 11 is 0. The number of hydrogen-bond donors (Lipinski definition) is 2. The second kappa shape index (κ2) is 4.25. The number of benzene rings is 1. The Morgan fingerprint density at radius 2 is 1.60 bits per heavy atom. The van der Waals surface area contributed by atoms with E-state index < -0.39 is 7.12 Å². The number of nitrogens with zero attached hydrogens (tertiary/aromatic N) is 1. The fourth-order valence-corrected chi connectivity index (χ4v) is 1.36. The van der Waals surface area contributed by atoms with Gasteiger partial charge in [-0.25, -0.2) is 0 Å². The maximum atomic E-state index is 8.88. The summed E-state index contributed by atoms with van der Waals surface area (Å²) in [6, 6.07) is 13.2. The number of rotatable bonds is 2. The Labute approximate surface area is 88.2 Å². The van der Waals surface area contributed by atoms with Crippen molar-refractivity contribution >= 4 is 12.7 Å². The second-order valence-corrected chi connectivity index (χ2v) is 3.21. The van der Waals surface area contributed by atoms with Gasteiger partial charge in [0, 0.05) is 6.20 Å². The van der Waals surface area contributed by atoms with Crippen LogP contribution in [-0.4, -0.2) is 22.2 Å². The lowest BCUT2D eigenvalue weighted by molar-refractivity contribution is 0.424. The molecule has 0 radical (unpaired) electrons. The Bertz CT molecular complexity index is 428. The zero-order valence-electron chi connectivity index (χ0n) is 8.04. The van der Waals surface area contributed by atoms with Gasteiger partial charge < -0.3 is 10.0 Å². The minimum absolute atomic E-state index is 0.259. The summed E-state index contributed by atoms with van der Waals surface area (Å²) in [6.07, 6.45) is 1.63. The van der Waals surface area contributed by atoms with E-state index in [4.69, 9.17) is 10.0 Å². The molecule has 0 saturated carbocycles. The third-order valence-electron chi connectivity index (χ3n) is 2.16. The highest BCUT2D eigenvalue weighted by Gasteiger charge is 2.11. The first-order valence-electron chi connectivity index (χ1n) is 4.65. The van der Waals surface area contributed by atoms with Crippen LogP contribution in [0.15, 0.2) is 48.7 Å². The third kappa shape index (κ3) is 2.23. The number of pyridine rings is 1. The van der Waals surface area contributed by atoms with Crippen molar-refractivity contribution in [2.24, 2.45) is 0 Å². The molecule has 4 heteroatoms. The molecule has 0 unspecified atom stereocenters. The lowest BCUT2D eigenvalue weighted by Gasteiger charge is -2.02. The van der Waals surface area contributed by atoms with Crippen molar-refractivity contribution in [3.63, 3.8) is 0 Å². The molecule has 0 atom stereocenters. The lowest BCUT2D eigenvalue weighted by atomic mass is 9.85. The van der Waals surface area contributed by atoms with E-state index in [1.165, 1.54) is 0 Å². The Morgan fingerprint density at radius 3 is 2.13 bits per heavy atom. The maximum Gasteiger partial charge on any atom is 0.508 e. The topological polar surface area (TPSA) is 53.4 Å². The summed E-state index contributed by atoms with van der Waals surface area (Å²) in [5.41, 5.74) is 2.28. The predicted molar refractivity (Wildman–Crippen MR) is 59.5 cm³/mol. The average molecular weight is 199 g/mol. The van der Waals surface area contributed by atoms with Crippen LogP contribution in [0.1, 0.15) is 0 Å². The molecule has 0 bridgehead atoms. The Hall–Kier alpha value is -1.65. The molecule has 1 aromatic heterocycles. The van der Waals surface area contributed by atoms with Gasteiger partial charge in [0.2, 0.25) is 0 Å². The summed E-state index contributed by atoms with van der Waals surface area (Å²) in [6.45, 7) is 0. The summed E-state index contributed by atoms with van der Waals surface area (Å²) in [5, 5.41) is 17.8. The van der Waals surface area contributed by atoms with Gasteiger partial charge >= 0.3 is 7.12 Å². The maximum absolute atomic E-state index is 8.88. The molecule has 0 saturated heterocycles. The summed E-state index contributed by atoms with van der Waals surface area (Å²) in [5.74, 6) is 0. The molecule has 0 spiro atoms. The largest absolute Gasteiger partial charge is 0.508 e. The van der Waals surface area contributed by atoms with Crippen molar-refractivity contribution in [2.45, 2.75) is 0 Å². The molecular formula is C11H10BNO2. The molecule has 1 aromatic carbocycles. The van der Waals surface area contributed by atoms with Crippen LogP contribution in [0.25, 0.3) is 11.1 Å². The average Bonchev–Trinajstić information content (AvgIpc) is 2.30. The highest BCUT2D eigenvalue weighted by atomic mass is 16.4. The van der Waals surface area contributed by atoms with Crippen LogP contribution in [-0.2, 0) is 0 Å². The van der Waals surface area contributed by atoms with Gasteiger partial charge in [-0.2, -0.15) is 0 Å². The van der Waals surface area contributed by atoms with Crippen LogP contribution in [0.5, 0.6) is 0 Å². The van der Waals surface area contributed by atoms with Gasteiger partial charge in [0.25, 0.3) is 0 Å². The normalized spacial score (nSPS) is 10.0. The standard InChI is InChI=1S/C11H10BNO2/c14-12(15)11-7-6-10(8-13-11)9-4-2-1-3-5-9/h1-8,14-15H. The molecule has 0 aliphatic heterocycles. The Balaban J connectivity index is 2.32. The minimum atomic E-state index is -1.50. The van der Waals surface area contributed by atoms with Gasteiger partial charge in [-0.05, 0) is 17.2 Å². The zero-order chi connectivity index (χ0) is 10.7. The van der Waals surface area contributed by atoms with E-state index >= 15 is 0 Å². The molecule has 74 valence electrons. The van der Waals surface area contributed by atoms with E-state index in [1.807, 2.05) is 36.4 Å². The molecule has 0 aliphatic rings. The molecule has 3 nitrogen and oxygen atoms in total. The Kier molecular flexibility index (Phi) is 2.80. The first-order valence-corrected chi connectivity index (χ1v) is 4.65. The summed E-state index contributed by atoms with van der Waals surface area (Å²) in [4.78, 5) is 3.95. The van der Waals surface area contributed by atoms with Gasteiger partial charge in [0.15, 0.2) is 0 Å². The molecule has 0 amide bonds. The van der Waals surface area contributed by atoms with Crippen molar-refractivity contribution in [3.05, 3.63) is 48.7 Å². The smallest absolute Gasteiger partial charge is 0.422 e. The fourth-order valence-electron chi connectivity index (χ4n) is 1.36. The van der Waals surface area contributed by atoms with Crippen molar-refractivity contribution in [2.75, 3.05) is 0 Å². The first-order chi connectivity index (χ1) is 7.27. The molecule has 2 aromatic rings. The first kappa shape index (κ1) is 9.89. The number of hydrogen-bond acceptors (Lipinski definition) is 3. The Morgan fingerprint density at radius 1 is 0.867 bits per heavy atom. The van der Waals surface area contributed by atoms with Crippen molar-refractivity contribution in [1.82, 2.24) is 4.98 Å². The van der Waals surface area contributed by atoms with Crippen LogP contribution >= 0.6 is 0 Å². The SMILES string of the molecule is OB(O)c1ccc(-c2ccccc2)cn1. The quantitative estimate of drug-likeness (QED) is 0.689. The van der Waals surface area contributed by atoms with E-state index in [0.717, 1.165) is 11.1 Å². The van der Waals surface area contributed by atoms with Crippen LogP contribution in [0.2, 0.25) is 0 Å². The van der Waals surface area contributed by atoms with Gasteiger partial charge in [-0.15, -0.1) is 0 Å². The summed E-state index contributed by atoms with van der Waals surface area (Å²) in [7, 11) is -1.50. The van der Waals surface area contributed by atoms with E-state index in [1.54, 1.807) is 12.3 Å². The second-order valence-electron chi connectivity index (χ2n) is 3.21. The predicted octanol–water partition coefficient (Wildman–Crippen LogP) is 0.428. The molecule has 2 N–H and O–H groups in total. The van der Waals surface area contributed by atoms with Gasteiger partial charge in [0.1, 0.15) is 0 Å². The van der Waals surface area contributed by atoms with E-state index in [-0.39, 0.29) is 5.59 Å². The van der Waals surface area contributed by atoms with E-state index in [9.17, 15) is 0 Å². The third-order valence-corrected chi connectivity index (χ3v) is 2.16. The molecular weight excluding hydrogens is 189 g/mol. The lowest BCUT2D eigenvalue weighted by Crippen LogP contribution is -2.32. The monoisotopic (exact) mass is 199 g/mol. The highest BCUT2D eigenvalue weighted by molar-refractivity contribution is 6.57. The minimum Gasteiger partial charge on any atom is -0.422 e. The van der Waals surface area contributed by atoms with Crippen LogP contribution in [0.4, 0.5) is 0 Å². The van der Waals surface area contributed by atoms with Crippen molar-refractivity contribution in [1.29, 1.82) is 0 Å². The molecule has 2 rings (SSSR count). The van der Waals surface area contributed by atoms with E-state index in [2.05, 4.69) is 4.98 Å². The van der Waals surface area contributed by atoms with Gasteiger partial charge in [0.05, 0.1) is 5.59 Å². The fraction of sp³-hybridized carbons (Fsp3) is 0. The molecule has 15 heavy (non-hydrogen) atoms. The summed E-state index contributed by atoms with van der Waals surface area (Å²) < 4.78 is 0. The molecule has 1 heterocycles. The van der Waals surface area contributed by atoms with E-state index in [0.29, 0.717) is 0 Å². The van der Waals surface area contributed by atoms with Crippen LogP contribution < -0.4 is 5.59 Å². The van der Waals surface area contributed by atoms with Gasteiger partial charge in [-0.3, -0.25) is 4.98 Å². The zero-order valence-corrected chi connectivity index (χ0v) is 8.04. The molecule has 0 fully saturated rings. The van der Waals surface area contributed by atoms with Crippen molar-refractivity contribution < 1.29 is 10.0 Å². The highest BCUT2D eigenvalue weighted by Crippen LogP contribution is 2.15. The number of aromatic nitrogens is 1. The van der Waals surface area contributed by atoms with Gasteiger partial charge in [-0.1, -0.05) is 36.4 Å².